The maximum absolute atomic E-state index is 12.6. The summed E-state index contributed by atoms with van der Waals surface area (Å²) in [4.78, 5) is -0.587. The Kier molecular flexibility index (Phi) is 3.90. The second-order valence-electron chi connectivity index (χ2n) is 3.22. The Hall–Kier alpha value is -1.30. The van der Waals surface area contributed by atoms with E-state index in [1.54, 1.807) is 0 Å². The molecular weight excluding hydrogens is 293 g/mol. The lowest BCUT2D eigenvalue weighted by molar-refractivity contribution is -0.137. The van der Waals surface area contributed by atoms with Crippen LogP contribution >= 0.6 is 10.7 Å². The first-order valence-corrected chi connectivity index (χ1v) is 6.71. The van der Waals surface area contributed by atoms with Crippen molar-refractivity contribution in [1.82, 2.24) is 0 Å². The Morgan fingerprint density at radius 3 is 2.28 bits per heavy atom. The van der Waals surface area contributed by atoms with Crippen molar-refractivity contribution in [3.8, 4) is 6.07 Å². The highest BCUT2D eigenvalue weighted by molar-refractivity contribution is 8.13. The first-order chi connectivity index (χ1) is 8.12. The van der Waals surface area contributed by atoms with Crippen molar-refractivity contribution in [2.75, 3.05) is 0 Å². The van der Waals surface area contributed by atoms with Gasteiger partial charge in [-0.05, 0) is 12.1 Å². The van der Waals surface area contributed by atoms with Gasteiger partial charge in [-0.3, -0.25) is 0 Å². The highest BCUT2D eigenvalue weighted by Gasteiger charge is 2.36. The molecule has 0 aliphatic carbocycles. The van der Waals surface area contributed by atoms with Crippen LogP contribution in [0.2, 0.25) is 0 Å². The number of rotatable bonds is 2. The Labute approximate surface area is 105 Å². The van der Waals surface area contributed by atoms with Gasteiger partial charge in [0.15, 0.2) is 0 Å². The predicted octanol–water partition coefficient (Wildman–Crippen LogP) is 1.96. The Morgan fingerprint density at radius 2 is 1.94 bits per heavy atom. The van der Waals surface area contributed by atoms with Gasteiger partial charge in [0.1, 0.15) is 6.07 Å². The zero-order valence-corrected chi connectivity index (χ0v) is 10.2. The van der Waals surface area contributed by atoms with E-state index in [-0.39, 0.29) is 0 Å². The monoisotopic (exact) mass is 298 g/mol. The third-order valence-electron chi connectivity index (χ3n) is 2.15. The zero-order valence-electron chi connectivity index (χ0n) is 8.62. The van der Waals surface area contributed by atoms with E-state index < -0.39 is 43.4 Å². The summed E-state index contributed by atoms with van der Waals surface area (Å²) in [5.74, 6) is 0. The molecule has 0 aliphatic rings. The minimum absolute atomic E-state index is 0.442. The lowest BCUT2D eigenvalue weighted by Crippen LogP contribution is -2.14. The van der Waals surface area contributed by atoms with Crippen molar-refractivity contribution in [3.63, 3.8) is 0 Å². The maximum atomic E-state index is 12.6. The van der Waals surface area contributed by atoms with Crippen LogP contribution in [0.1, 0.15) is 16.7 Å². The SMILES string of the molecule is N#Cc1c(C(F)(F)F)ccc(S(=O)(=O)Cl)c1CN. The van der Waals surface area contributed by atoms with Crippen LogP contribution in [-0.4, -0.2) is 8.42 Å². The highest BCUT2D eigenvalue weighted by atomic mass is 35.7. The Balaban J connectivity index is 3.75. The van der Waals surface area contributed by atoms with Crippen LogP contribution < -0.4 is 5.73 Å². The molecule has 1 aromatic rings. The van der Waals surface area contributed by atoms with E-state index in [1.807, 2.05) is 0 Å². The Bertz CT molecular complexity index is 620. The van der Waals surface area contributed by atoms with Crippen molar-refractivity contribution < 1.29 is 21.6 Å². The molecule has 0 heterocycles. The van der Waals surface area contributed by atoms with Gasteiger partial charge in [0, 0.05) is 22.8 Å². The van der Waals surface area contributed by atoms with Gasteiger partial charge in [-0.15, -0.1) is 0 Å². The summed E-state index contributed by atoms with van der Waals surface area (Å²) in [6.45, 7) is -0.548. The topological polar surface area (TPSA) is 84.0 Å². The van der Waals surface area contributed by atoms with Gasteiger partial charge in [-0.2, -0.15) is 18.4 Å². The summed E-state index contributed by atoms with van der Waals surface area (Å²) >= 11 is 0. The van der Waals surface area contributed by atoms with E-state index >= 15 is 0 Å². The smallest absolute Gasteiger partial charge is 0.326 e. The number of benzene rings is 1. The fourth-order valence-electron chi connectivity index (χ4n) is 1.42. The number of nitrogens with zero attached hydrogens (tertiary/aromatic N) is 1. The second-order valence-corrected chi connectivity index (χ2v) is 5.75. The molecule has 0 atom stereocenters. The third kappa shape index (κ3) is 2.75. The van der Waals surface area contributed by atoms with Crippen LogP contribution in [0.5, 0.6) is 0 Å². The van der Waals surface area contributed by atoms with E-state index in [4.69, 9.17) is 21.7 Å². The van der Waals surface area contributed by atoms with E-state index in [1.165, 1.54) is 6.07 Å². The van der Waals surface area contributed by atoms with Gasteiger partial charge in [0.05, 0.1) is 16.0 Å². The minimum atomic E-state index is -4.77. The van der Waals surface area contributed by atoms with Crippen molar-refractivity contribution in [1.29, 1.82) is 5.26 Å². The van der Waals surface area contributed by atoms with E-state index in [2.05, 4.69) is 0 Å². The van der Waals surface area contributed by atoms with Crippen molar-refractivity contribution in [2.45, 2.75) is 17.6 Å². The fourth-order valence-corrected chi connectivity index (χ4v) is 2.57. The number of hydrogen-bond donors (Lipinski definition) is 1. The van der Waals surface area contributed by atoms with Gasteiger partial charge in [0.2, 0.25) is 0 Å². The highest BCUT2D eigenvalue weighted by Crippen LogP contribution is 2.35. The van der Waals surface area contributed by atoms with Gasteiger partial charge in [-0.1, -0.05) is 0 Å². The predicted molar refractivity (Wildman–Crippen MR) is 57.1 cm³/mol. The van der Waals surface area contributed by atoms with Crippen LogP contribution in [-0.2, 0) is 21.8 Å². The molecule has 0 saturated carbocycles. The lowest BCUT2D eigenvalue weighted by Gasteiger charge is -2.13. The molecule has 2 N–H and O–H groups in total. The second kappa shape index (κ2) is 4.76. The molecular formula is C9H6ClF3N2O2S. The molecule has 18 heavy (non-hydrogen) atoms. The Morgan fingerprint density at radius 1 is 1.39 bits per heavy atom. The van der Waals surface area contributed by atoms with Crippen LogP contribution in [0.25, 0.3) is 0 Å². The molecule has 0 saturated heterocycles. The molecule has 1 aromatic carbocycles. The average Bonchev–Trinajstić information content (AvgIpc) is 2.24. The average molecular weight is 299 g/mol. The molecule has 98 valence electrons. The molecule has 0 amide bonds. The third-order valence-corrected chi connectivity index (χ3v) is 3.56. The van der Waals surface area contributed by atoms with Crippen molar-refractivity contribution in [2.24, 2.45) is 5.73 Å². The summed E-state index contributed by atoms with van der Waals surface area (Å²) < 4.78 is 60.1. The molecule has 0 spiro atoms. The molecule has 0 radical (unpaired) electrons. The lowest BCUT2D eigenvalue weighted by atomic mass is 10.0. The normalized spacial score (nSPS) is 12.2. The fraction of sp³-hybridized carbons (Fsp3) is 0.222. The van der Waals surface area contributed by atoms with E-state index in [0.29, 0.717) is 12.1 Å². The number of alkyl halides is 3. The summed E-state index contributed by atoms with van der Waals surface area (Å²) in [5.41, 5.74) is 2.68. The molecule has 0 aliphatic heterocycles. The van der Waals surface area contributed by atoms with Gasteiger partial charge < -0.3 is 5.73 Å². The van der Waals surface area contributed by atoms with Crippen molar-refractivity contribution in [3.05, 3.63) is 28.8 Å². The van der Waals surface area contributed by atoms with Crippen molar-refractivity contribution >= 4 is 19.7 Å². The molecule has 1 rings (SSSR count). The van der Waals surface area contributed by atoms with Gasteiger partial charge in [-0.25, -0.2) is 8.42 Å². The summed E-state index contributed by atoms with van der Waals surface area (Å²) in [5, 5.41) is 8.74. The molecule has 0 unspecified atom stereocenters. The van der Waals surface area contributed by atoms with E-state index in [0.717, 1.165) is 0 Å². The maximum Gasteiger partial charge on any atom is 0.417 e. The standard InChI is InChI=1S/C9H6ClF3N2O2S/c10-18(16,17)8-2-1-7(9(11,12)13)5(3-14)6(8)4-15/h1-2H,4,15H2. The summed E-state index contributed by atoms with van der Waals surface area (Å²) in [6, 6.07) is 2.49. The van der Waals surface area contributed by atoms with Crippen LogP contribution in [0.3, 0.4) is 0 Å². The molecule has 0 bridgehead atoms. The molecule has 4 nitrogen and oxygen atoms in total. The van der Waals surface area contributed by atoms with E-state index in [9.17, 15) is 21.6 Å². The number of halogens is 4. The van der Waals surface area contributed by atoms with Gasteiger partial charge in [0.25, 0.3) is 9.05 Å². The molecule has 0 aromatic heterocycles. The summed E-state index contributed by atoms with van der Waals surface area (Å²) in [6.07, 6.45) is -4.77. The number of nitrogens with two attached hydrogens (primary N) is 1. The largest absolute Gasteiger partial charge is 0.417 e. The number of hydrogen-bond acceptors (Lipinski definition) is 4. The molecule has 0 fully saturated rings. The van der Waals surface area contributed by atoms with Gasteiger partial charge >= 0.3 is 6.18 Å². The number of nitriles is 1. The zero-order chi connectivity index (χ0) is 14.1. The molecule has 9 heteroatoms. The van der Waals surface area contributed by atoms with Crippen LogP contribution in [0.4, 0.5) is 13.2 Å². The first kappa shape index (κ1) is 14.8. The quantitative estimate of drug-likeness (QED) is 0.846. The summed E-state index contributed by atoms with van der Waals surface area (Å²) in [7, 11) is 0.797. The van der Waals surface area contributed by atoms with Crippen LogP contribution in [0.15, 0.2) is 17.0 Å². The van der Waals surface area contributed by atoms with Crippen LogP contribution in [0, 0.1) is 11.3 Å². The first-order valence-electron chi connectivity index (χ1n) is 4.40. The minimum Gasteiger partial charge on any atom is -0.326 e.